The van der Waals surface area contributed by atoms with E-state index >= 15 is 0 Å². The molecule has 0 aliphatic carbocycles. The third-order valence-corrected chi connectivity index (χ3v) is 2.36. The highest BCUT2D eigenvalue weighted by Gasteiger charge is 2.09. The number of nitrogens with zero attached hydrogens (tertiary/aromatic N) is 3. The Morgan fingerprint density at radius 2 is 2.07 bits per heavy atom. The largest absolute Gasteiger partial charge is 0.353 e. The molecule has 1 heterocycles. The molecule has 0 saturated heterocycles. The summed E-state index contributed by atoms with van der Waals surface area (Å²) >= 11 is 5.64. The zero-order chi connectivity index (χ0) is 10.6. The van der Waals surface area contributed by atoms with Gasteiger partial charge in [-0.1, -0.05) is 0 Å². The van der Waals surface area contributed by atoms with Crippen LogP contribution in [0.5, 0.6) is 0 Å². The molecule has 0 aliphatic heterocycles. The van der Waals surface area contributed by atoms with E-state index < -0.39 is 0 Å². The Bertz CT molecular complexity index is 271. The van der Waals surface area contributed by atoms with Crippen LogP contribution in [0.3, 0.4) is 0 Å². The zero-order valence-corrected chi connectivity index (χ0v) is 9.62. The Morgan fingerprint density at radius 3 is 2.43 bits per heavy atom. The molecular formula is C10H16ClN3. The van der Waals surface area contributed by atoms with E-state index in [-0.39, 0.29) is 0 Å². The van der Waals surface area contributed by atoms with Gasteiger partial charge in [0.25, 0.3) is 0 Å². The van der Waals surface area contributed by atoms with E-state index in [9.17, 15) is 0 Å². The highest BCUT2D eigenvalue weighted by atomic mass is 35.5. The minimum absolute atomic E-state index is 0.418. The summed E-state index contributed by atoms with van der Waals surface area (Å²) in [5.41, 5.74) is 0.815. The van der Waals surface area contributed by atoms with Gasteiger partial charge in [0.2, 0.25) is 0 Å². The summed E-state index contributed by atoms with van der Waals surface area (Å²) in [5, 5.41) is 0. The summed E-state index contributed by atoms with van der Waals surface area (Å²) in [5.74, 6) is 1.33. The highest BCUT2D eigenvalue weighted by Crippen LogP contribution is 2.12. The third kappa shape index (κ3) is 2.58. The SMILES string of the molecule is CCN(c1cnc(CCl)cn1)C(C)C. The molecule has 0 radical (unpaired) electrons. The summed E-state index contributed by atoms with van der Waals surface area (Å²) in [6.45, 7) is 7.32. The van der Waals surface area contributed by atoms with Crippen molar-refractivity contribution in [3.05, 3.63) is 18.1 Å². The van der Waals surface area contributed by atoms with Crippen LogP contribution in [-0.2, 0) is 5.88 Å². The van der Waals surface area contributed by atoms with Crippen LogP contribution in [0.15, 0.2) is 12.4 Å². The topological polar surface area (TPSA) is 29.0 Å². The van der Waals surface area contributed by atoms with Crippen molar-refractivity contribution >= 4 is 17.4 Å². The van der Waals surface area contributed by atoms with Crippen molar-refractivity contribution in [3.8, 4) is 0 Å². The van der Waals surface area contributed by atoms with Crippen LogP contribution in [0.4, 0.5) is 5.82 Å². The smallest absolute Gasteiger partial charge is 0.147 e. The second kappa shape index (κ2) is 5.15. The standard InChI is InChI=1S/C10H16ClN3/c1-4-14(8(2)3)10-7-12-9(5-11)6-13-10/h6-8H,4-5H2,1-3H3. The minimum atomic E-state index is 0.418. The quantitative estimate of drug-likeness (QED) is 0.720. The van der Waals surface area contributed by atoms with Gasteiger partial charge >= 0.3 is 0 Å². The maximum atomic E-state index is 5.64. The van der Waals surface area contributed by atoms with Crippen LogP contribution in [0.2, 0.25) is 0 Å². The van der Waals surface area contributed by atoms with Crippen molar-refractivity contribution in [1.29, 1.82) is 0 Å². The predicted molar refractivity (Wildman–Crippen MR) is 59.7 cm³/mol. The molecule has 0 aromatic carbocycles. The number of aromatic nitrogens is 2. The predicted octanol–water partition coefficient (Wildman–Crippen LogP) is 2.45. The Kier molecular flexibility index (Phi) is 4.14. The van der Waals surface area contributed by atoms with Crippen LogP contribution in [0.25, 0.3) is 0 Å². The third-order valence-electron chi connectivity index (χ3n) is 2.09. The van der Waals surface area contributed by atoms with Gasteiger partial charge in [-0.25, -0.2) is 4.98 Å². The van der Waals surface area contributed by atoms with Crippen molar-refractivity contribution < 1.29 is 0 Å². The Morgan fingerprint density at radius 1 is 1.36 bits per heavy atom. The maximum Gasteiger partial charge on any atom is 0.147 e. The summed E-state index contributed by atoms with van der Waals surface area (Å²) in [7, 11) is 0. The second-order valence-electron chi connectivity index (χ2n) is 3.38. The number of alkyl halides is 1. The molecule has 1 aromatic heterocycles. The summed E-state index contributed by atoms with van der Waals surface area (Å²) < 4.78 is 0. The molecule has 0 N–H and O–H groups in total. The lowest BCUT2D eigenvalue weighted by Crippen LogP contribution is -2.31. The maximum absolute atomic E-state index is 5.64. The molecule has 0 amide bonds. The van der Waals surface area contributed by atoms with Gasteiger partial charge in [-0.3, -0.25) is 4.98 Å². The normalized spacial score (nSPS) is 10.6. The first-order valence-corrected chi connectivity index (χ1v) is 5.36. The molecule has 14 heavy (non-hydrogen) atoms. The summed E-state index contributed by atoms with van der Waals surface area (Å²) in [4.78, 5) is 10.7. The number of hydrogen-bond donors (Lipinski definition) is 0. The molecule has 0 spiro atoms. The monoisotopic (exact) mass is 213 g/mol. The molecule has 0 atom stereocenters. The molecule has 4 heteroatoms. The minimum Gasteiger partial charge on any atom is -0.353 e. The molecule has 1 aromatic rings. The molecule has 1 rings (SSSR count). The first-order chi connectivity index (χ1) is 6.69. The van der Waals surface area contributed by atoms with Crippen LogP contribution in [0, 0.1) is 0 Å². The van der Waals surface area contributed by atoms with Crippen molar-refractivity contribution in [1.82, 2.24) is 9.97 Å². The van der Waals surface area contributed by atoms with Crippen molar-refractivity contribution in [2.75, 3.05) is 11.4 Å². The van der Waals surface area contributed by atoms with Crippen molar-refractivity contribution in [2.24, 2.45) is 0 Å². The fourth-order valence-corrected chi connectivity index (χ4v) is 1.49. The summed E-state index contributed by atoms with van der Waals surface area (Å²) in [6.07, 6.45) is 3.51. The molecule has 0 saturated carbocycles. The van der Waals surface area contributed by atoms with Gasteiger partial charge in [-0.2, -0.15) is 0 Å². The van der Waals surface area contributed by atoms with E-state index in [4.69, 9.17) is 11.6 Å². The Labute approximate surface area is 90.1 Å². The second-order valence-corrected chi connectivity index (χ2v) is 3.65. The van der Waals surface area contributed by atoms with E-state index in [1.165, 1.54) is 0 Å². The molecule has 0 aliphatic rings. The van der Waals surface area contributed by atoms with Gasteiger partial charge in [0.15, 0.2) is 0 Å². The molecule has 0 fully saturated rings. The van der Waals surface area contributed by atoms with Crippen molar-refractivity contribution in [3.63, 3.8) is 0 Å². The van der Waals surface area contributed by atoms with Gasteiger partial charge < -0.3 is 4.90 Å². The molecule has 3 nitrogen and oxygen atoms in total. The number of rotatable bonds is 4. The van der Waals surface area contributed by atoms with Crippen LogP contribution in [0.1, 0.15) is 26.5 Å². The average molecular weight is 214 g/mol. The Balaban J connectivity index is 2.84. The molecular weight excluding hydrogens is 198 g/mol. The van der Waals surface area contributed by atoms with Crippen LogP contribution < -0.4 is 4.90 Å². The molecule has 0 bridgehead atoms. The van der Waals surface area contributed by atoms with Gasteiger partial charge in [0, 0.05) is 12.6 Å². The van der Waals surface area contributed by atoms with Crippen molar-refractivity contribution in [2.45, 2.75) is 32.7 Å². The number of anilines is 1. The van der Waals surface area contributed by atoms with E-state index in [2.05, 4.69) is 35.6 Å². The van der Waals surface area contributed by atoms with Crippen LogP contribution >= 0.6 is 11.6 Å². The van der Waals surface area contributed by atoms with E-state index in [1.54, 1.807) is 12.4 Å². The van der Waals surface area contributed by atoms with Gasteiger partial charge in [0.05, 0.1) is 24.0 Å². The molecule has 78 valence electrons. The fraction of sp³-hybridized carbons (Fsp3) is 0.600. The lowest BCUT2D eigenvalue weighted by Gasteiger charge is -2.25. The van der Waals surface area contributed by atoms with Crippen LogP contribution in [-0.4, -0.2) is 22.6 Å². The van der Waals surface area contributed by atoms with Gasteiger partial charge in [0.1, 0.15) is 5.82 Å². The first kappa shape index (κ1) is 11.2. The number of halogens is 1. The first-order valence-electron chi connectivity index (χ1n) is 4.82. The van der Waals surface area contributed by atoms with Gasteiger partial charge in [-0.15, -0.1) is 11.6 Å². The zero-order valence-electron chi connectivity index (χ0n) is 8.87. The number of hydrogen-bond acceptors (Lipinski definition) is 3. The lowest BCUT2D eigenvalue weighted by atomic mass is 10.3. The van der Waals surface area contributed by atoms with E-state index in [1.807, 2.05) is 0 Å². The summed E-state index contributed by atoms with van der Waals surface area (Å²) in [6, 6.07) is 0.441. The lowest BCUT2D eigenvalue weighted by molar-refractivity contribution is 0.690. The fourth-order valence-electron chi connectivity index (χ4n) is 1.36. The van der Waals surface area contributed by atoms with Gasteiger partial charge in [-0.05, 0) is 20.8 Å². The van der Waals surface area contributed by atoms with E-state index in [0.717, 1.165) is 18.1 Å². The molecule has 0 unspecified atom stereocenters. The highest BCUT2D eigenvalue weighted by molar-refractivity contribution is 6.16. The van der Waals surface area contributed by atoms with E-state index in [0.29, 0.717) is 11.9 Å². The average Bonchev–Trinajstić information content (AvgIpc) is 2.19. The Hall–Kier alpha value is -0.830.